The van der Waals surface area contributed by atoms with Gasteiger partial charge in [0.15, 0.2) is 6.61 Å². The fourth-order valence-electron chi connectivity index (χ4n) is 3.24. The van der Waals surface area contributed by atoms with Crippen LogP contribution < -0.4 is 20.5 Å². The molecule has 9 heteroatoms. The second kappa shape index (κ2) is 8.35. The number of carbonyl (C=O) groups excluding carboxylic acids is 1. The van der Waals surface area contributed by atoms with E-state index in [1.165, 1.54) is 0 Å². The Morgan fingerprint density at radius 2 is 1.83 bits per heavy atom. The molecule has 30 heavy (non-hydrogen) atoms. The summed E-state index contributed by atoms with van der Waals surface area (Å²) in [5.41, 5.74) is 3.99. The molecule has 1 amide bonds. The molecule has 0 bridgehead atoms. The van der Waals surface area contributed by atoms with E-state index in [1.54, 1.807) is 19.1 Å². The Bertz CT molecular complexity index is 1280. The van der Waals surface area contributed by atoms with Gasteiger partial charge in [0.05, 0.1) is 11.6 Å². The Kier molecular flexibility index (Phi) is 6.03. The molecule has 0 aliphatic rings. The van der Waals surface area contributed by atoms with Crippen molar-refractivity contribution in [2.24, 2.45) is 0 Å². The van der Waals surface area contributed by atoms with E-state index in [9.17, 15) is 18.0 Å². The largest absolute Gasteiger partial charge is 0.483 e. The number of hydrogen-bond donors (Lipinski definition) is 1. The number of fused-ring (bicyclic) bond motifs is 1. The third-order valence-corrected chi connectivity index (χ3v) is 5.25. The smallest absolute Gasteiger partial charge is 0.340 e. The predicted octanol–water partition coefficient (Wildman–Crippen LogP) is 0.714. The van der Waals surface area contributed by atoms with E-state index in [0.29, 0.717) is 34.3 Å². The SMILES string of the molecule is Bc1ccc(Cc2c(C)c3c(OCC(=O)NS(C)(=O)=O)cc(C)cc3oc2=O)cc1. The molecule has 156 valence electrons. The number of rotatable bonds is 6. The van der Waals surface area contributed by atoms with E-state index in [1.807, 2.05) is 43.8 Å². The average Bonchev–Trinajstić information content (AvgIpc) is 2.63. The lowest BCUT2D eigenvalue weighted by Gasteiger charge is -2.14. The molecule has 0 fully saturated rings. The number of ether oxygens (including phenoxy) is 1. The monoisotopic (exact) mass is 427 g/mol. The lowest BCUT2D eigenvalue weighted by Crippen LogP contribution is -2.33. The first-order valence-electron chi connectivity index (χ1n) is 9.29. The number of carbonyl (C=O) groups is 1. The number of sulfonamides is 1. The van der Waals surface area contributed by atoms with Crippen molar-refractivity contribution in [3.05, 3.63) is 69.1 Å². The summed E-state index contributed by atoms with van der Waals surface area (Å²) in [6, 6.07) is 11.3. The molecular formula is C21H22BNO6S. The summed E-state index contributed by atoms with van der Waals surface area (Å²) >= 11 is 0. The lowest BCUT2D eigenvalue weighted by molar-refractivity contribution is -0.121. The zero-order valence-corrected chi connectivity index (χ0v) is 18.1. The van der Waals surface area contributed by atoms with E-state index in [0.717, 1.165) is 22.8 Å². The minimum absolute atomic E-state index is 0.347. The Morgan fingerprint density at radius 3 is 2.47 bits per heavy atom. The van der Waals surface area contributed by atoms with E-state index in [4.69, 9.17) is 9.15 Å². The summed E-state index contributed by atoms with van der Waals surface area (Å²) in [5.74, 6) is -0.442. The molecule has 0 unspecified atom stereocenters. The van der Waals surface area contributed by atoms with Crippen molar-refractivity contribution in [1.29, 1.82) is 0 Å². The van der Waals surface area contributed by atoms with Crippen molar-refractivity contribution >= 4 is 40.2 Å². The maximum atomic E-state index is 12.6. The Morgan fingerprint density at radius 1 is 1.17 bits per heavy atom. The number of benzene rings is 2. The van der Waals surface area contributed by atoms with Crippen LogP contribution in [0.2, 0.25) is 0 Å². The Hall–Kier alpha value is -3.07. The van der Waals surface area contributed by atoms with Gasteiger partial charge in [0.2, 0.25) is 10.0 Å². The van der Waals surface area contributed by atoms with Crippen LogP contribution in [0.15, 0.2) is 45.6 Å². The number of aryl methyl sites for hydroxylation is 2. The molecule has 0 saturated carbocycles. The number of hydrogen-bond acceptors (Lipinski definition) is 6. The predicted molar refractivity (Wildman–Crippen MR) is 118 cm³/mol. The van der Waals surface area contributed by atoms with Crippen LogP contribution in [0.25, 0.3) is 11.0 Å². The zero-order valence-electron chi connectivity index (χ0n) is 17.2. The minimum atomic E-state index is -3.68. The minimum Gasteiger partial charge on any atom is -0.483 e. The average molecular weight is 427 g/mol. The van der Waals surface area contributed by atoms with Crippen molar-refractivity contribution in [3.63, 3.8) is 0 Å². The van der Waals surface area contributed by atoms with E-state index in [-0.39, 0.29) is 0 Å². The number of amides is 1. The van der Waals surface area contributed by atoms with Gasteiger partial charge in [0, 0.05) is 12.0 Å². The van der Waals surface area contributed by atoms with Crippen molar-refractivity contribution in [2.75, 3.05) is 12.9 Å². The van der Waals surface area contributed by atoms with Crippen LogP contribution in [0.3, 0.4) is 0 Å². The summed E-state index contributed by atoms with van der Waals surface area (Å²) < 4.78 is 35.4. The standard InChI is InChI=1S/C21H22BNO6S/c1-12-8-17(28-11-19(24)23-30(3,26)27)20-13(2)16(21(25)29-18(20)9-12)10-14-4-6-15(22)7-5-14/h4-9H,10-11,22H2,1-3H3,(H,23,24). The van der Waals surface area contributed by atoms with Crippen LogP contribution in [0.5, 0.6) is 5.75 Å². The second-order valence-corrected chi connectivity index (χ2v) is 9.13. The van der Waals surface area contributed by atoms with Crippen LogP contribution in [-0.2, 0) is 21.2 Å². The third-order valence-electron chi connectivity index (χ3n) is 4.65. The molecule has 1 N–H and O–H groups in total. The molecular weight excluding hydrogens is 405 g/mol. The second-order valence-electron chi connectivity index (χ2n) is 7.38. The molecule has 1 aromatic heterocycles. The van der Waals surface area contributed by atoms with E-state index in [2.05, 4.69) is 0 Å². The Labute approximate surface area is 175 Å². The summed E-state index contributed by atoms with van der Waals surface area (Å²) in [6.45, 7) is 3.12. The van der Waals surface area contributed by atoms with Crippen LogP contribution in [0.4, 0.5) is 0 Å². The summed E-state index contributed by atoms with van der Waals surface area (Å²) in [6.07, 6.45) is 1.29. The molecule has 0 radical (unpaired) electrons. The lowest BCUT2D eigenvalue weighted by atomic mass is 9.93. The number of nitrogens with one attached hydrogen (secondary N) is 1. The van der Waals surface area contributed by atoms with Crippen LogP contribution >= 0.6 is 0 Å². The normalized spacial score (nSPS) is 11.4. The summed E-state index contributed by atoms with van der Waals surface area (Å²) in [4.78, 5) is 24.5. The van der Waals surface area contributed by atoms with Gasteiger partial charge in [-0.25, -0.2) is 13.2 Å². The molecule has 0 atom stereocenters. The molecule has 0 spiro atoms. The fraction of sp³-hybridized carbons (Fsp3) is 0.238. The zero-order chi connectivity index (χ0) is 22.1. The topological polar surface area (TPSA) is 103 Å². The molecule has 3 aromatic rings. The van der Waals surface area contributed by atoms with Crippen LogP contribution in [0.1, 0.15) is 22.3 Å². The quantitative estimate of drug-likeness (QED) is 0.459. The highest BCUT2D eigenvalue weighted by Gasteiger charge is 2.18. The highest BCUT2D eigenvalue weighted by Crippen LogP contribution is 2.31. The van der Waals surface area contributed by atoms with Gasteiger partial charge in [-0.1, -0.05) is 29.7 Å². The van der Waals surface area contributed by atoms with Gasteiger partial charge in [-0.3, -0.25) is 9.52 Å². The highest BCUT2D eigenvalue weighted by molar-refractivity contribution is 7.89. The van der Waals surface area contributed by atoms with Crippen molar-refractivity contribution in [3.8, 4) is 5.75 Å². The third kappa shape index (κ3) is 5.10. The summed E-state index contributed by atoms with van der Waals surface area (Å²) in [5, 5.41) is 0.578. The molecule has 3 rings (SSSR count). The Balaban J connectivity index is 2.02. The molecule has 0 aliphatic carbocycles. The van der Waals surface area contributed by atoms with Gasteiger partial charge in [0.1, 0.15) is 19.2 Å². The van der Waals surface area contributed by atoms with Crippen LogP contribution in [0, 0.1) is 13.8 Å². The fourth-order valence-corrected chi connectivity index (χ4v) is 3.72. The van der Waals surface area contributed by atoms with Gasteiger partial charge in [-0.05, 0) is 42.7 Å². The van der Waals surface area contributed by atoms with E-state index < -0.39 is 28.2 Å². The van der Waals surface area contributed by atoms with Gasteiger partial charge < -0.3 is 9.15 Å². The van der Waals surface area contributed by atoms with Crippen molar-refractivity contribution in [2.45, 2.75) is 20.3 Å². The first-order valence-corrected chi connectivity index (χ1v) is 11.2. The van der Waals surface area contributed by atoms with Gasteiger partial charge in [-0.2, -0.15) is 0 Å². The molecule has 7 nitrogen and oxygen atoms in total. The molecule has 0 aliphatic heterocycles. The van der Waals surface area contributed by atoms with E-state index >= 15 is 0 Å². The van der Waals surface area contributed by atoms with Crippen molar-refractivity contribution in [1.82, 2.24) is 4.72 Å². The first-order chi connectivity index (χ1) is 14.0. The maximum absolute atomic E-state index is 12.6. The molecule has 2 aromatic carbocycles. The summed E-state index contributed by atoms with van der Waals surface area (Å²) in [7, 11) is -1.68. The van der Waals surface area contributed by atoms with Gasteiger partial charge in [-0.15, -0.1) is 0 Å². The molecule has 1 heterocycles. The molecule has 0 saturated heterocycles. The first kappa shape index (κ1) is 21.6. The van der Waals surface area contributed by atoms with Crippen LogP contribution in [-0.4, -0.2) is 35.0 Å². The highest BCUT2D eigenvalue weighted by atomic mass is 32.2. The van der Waals surface area contributed by atoms with Crippen molar-refractivity contribution < 1.29 is 22.4 Å². The van der Waals surface area contributed by atoms with Gasteiger partial charge >= 0.3 is 5.63 Å². The van der Waals surface area contributed by atoms with Gasteiger partial charge in [0.25, 0.3) is 5.91 Å². The maximum Gasteiger partial charge on any atom is 0.340 e.